The lowest BCUT2D eigenvalue weighted by atomic mass is 10.1. The third kappa shape index (κ3) is 3.56. The number of carbonyl (C=O) groups excluding carboxylic acids is 2. The Morgan fingerprint density at radius 2 is 1.83 bits per heavy atom. The smallest absolute Gasteiger partial charge is 0.341 e. The van der Waals surface area contributed by atoms with E-state index < -0.39 is 12.1 Å². The van der Waals surface area contributed by atoms with Gasteiger partial charge in [-0.05, 0) is 31.4 Å². The highest BCUT2D eigenvalue weighted by molar-refractivity contribution is 5.97. The molecule has 0 saturated heterocycles. The molecule has 0 radical (unpaired) electrons. The van der Waals surface area contributed by atoms with E-state index in [0.717, 1.165) is 18.4 Å². The summed E-state index contributed by atoms with van der Waals surface area (Å²) in [5.41, 5.74) is 8.04. The van der Waals surface area contributed by atoms with Gasteiger partial charge in [-0.3, -0.25) is 4.79 Å². The second-order valence-corrected chi connectivity index (χ2v) is 6.02. The van der Waals surface area contributed by atoms with E-state index in [2.05, 4.69) is 5.32 Å². The van der Waals surface area contributed by atoms with Gasteiger partial charge in [0.25, 0.3) is 5.91 Å². The van der Waals surface area contributed by atoms with Crippen LogP contribution < -0.4 is 11.1 Å². The third-order valence-corrected chi connectivity index (χ3v) is 4.03. The van der Waals surface area contributed by atoms with Gasteiger partial charge < -0.3 is 15.8 Å². The van der Waals surface area contributed by atoms with Crippen molar-refractivity contribution in [3.63, 3.8) is 0 Å². The van der Waals surface area contributed by atoms with Crippen LogP contribution >= 0.6 is 0 Å². The van der Waals surface area contributed by atoms with Gasteiger partial charge >= 0.3 is 5.97 Å². The molecule has 1 unspecified atom stereocenters. The van der Waals surface area contributed by atoms with E-state index in [9.17, 15) is 9.59 Å². The number of esters is 1. The van der Waals surface area contributed by atoms with Crippen LogP contribution in [0.4, 0.5) is 5.69 Å². The quantitative estimate of drug-likeness (QED) is 0.654. The lowest BCUT2D eigenvalue weighted by Crippen LogP contribution is -2.33. The summed E-state index contributed by atoms with van der Waals surface area (Å²) in [6.45, 7) is 1.82. The highest BCUT2D eigenvalue weighted by atomic mass is 16.5. The number of hydrogen-bond acceptors (Lipinski definition) is 4. The van der Waals surface area contributed by atoms with Gasteiger partial charge in [-0.15, -0.1) is 0 Å². The second kappa shape index (κ2) is 6.74. The van der Waals surface area contributed by atoms with E-state index in [1.54, 1.807) is 24.3 Å². The minimum absolute atomic E-state index is 0.187. The number of amides is 1. The molecule has 2 aromatic rings. The van der Waals surface area contributed by atoms with Crippen molar-refractivity contribution < 1.29 is 14.3 Å². The number of hydrogen-bond donors (Lipinski definition) is 2. The summed E-state index contributed by atoms with van der Waals surface area (Å²) < 4.78 is 5.52. The average molecular weight is 324 g/mol. The molecule has 124 valence electrons. The maximum atomic E-state index is 12.5. The summed E-state index contributed by atoms with van der Waals surface area (Å²) in [6, 6.07) is 14.3. The molecule has 2 aromatic carbocycles. The van der Waals surface area contributed by atoms with Crippen molar-refractivity contribution in [1.29, 1.82) is 0 Å². The molecule has 0 spiro atoms. The molecule has 1 aliphatic rings. The molecule has 1 amide bonds. The van der Waals surface area contributed by atoms with Crippen molar-refractivity contribution in [2.75, 3.05) is 5.73 Å². The minimum atomic E-state index is -0.987. The van der Waals surface area contributed by atoms with E-state index in [0.29, 0.717) is 11.3 Å². The molecule has 5 nitrogen and oxygen atoms in total. The average Bonchev–Trinajstić information content (AvgIpc) is 3.39. The largest absolute Gasteiger partial charge is 0.444 e. The van der Waals surface area contributed by atoms with Crippen molar-refractivity contribution >= 4 is 17.6 Å². The molecule has 1 saturated carbocycles. The van der Waals surface area contributed by atoms with Gasteiger partial charge in [-0.25, -0.2) is 4.79 Å². The number of aryl methyl sites for hydroxylation is 1. The Morgan fingerprint density at radius 1 is 1.12 bits per heavy atom. The summed E-state index contributed by atoms with van der Waals surface area (Å²) in [5, 5.41) is 2.89. The summed E-state index contributed by atoms with van der Waals surface area (Å²) in [4.78, 5) is 25.0. The summed E-state index contributed by atoms with van der Waals surface area (Å²) in [5.74, 6) is -0.903. The number of carbonyl (C=O) groups is 2. The third-order valence-electron chi connectivity index (χ3n) is 4.03. The lowest BCUT2D eigenvalue weighted by Gasteiger charge is -2.18. The molecule has 3 N–H and O–H groups in total. The number of nitrogens with two attached hydrogens (primary N) is 1. The van der Waals surface area contributed by atoms with Crippen LogP contribution in [0.1, 0.15) is 40.4 Å². The molecular weight excluding hydrogens is 304 g/mol. The van der Waals surface area contributed by atoms with E-state index in [1.807, 2.05) is 31.2 Å². The van der Waals surface area contributed by atoms with Crippen LogP contribution in [0.15, 0.2) is 48.5 Å². The zero-order valence-electron chi connectivity index (χ0n) is 13.5. The monoisotopic (exact) mass is 324 g/mol. The van der Waals surface area contributed by atoms with Gasteiger partial charge in [0.1, 0.15) is 0 Å². The first-order valence-corrected chi connectivity index (χ1v) is 7.97. The van der Waals surface area contributed by atoms with Crippen molar-refractivity contribution in [1.82, 2.24) is 5.32 Å². The van der Waals surface area contributed by atoms with Gasteiger partial charge in [0, 0.05) is 17.3 Å². The highest BCUT2D eigenvalue weighted by Gasteiger charge is 2.31. The van der Waals surface area contributed by atoms with Crippen LogP contribution in [0, 0.1) is 6.92 Å². The van der Waals surface area contributed by atoms with Crippen LogP contribution in [0.25, 0.3) is 0 Å². The van der Waals surface area contributed by atoms with Gasteiger partial charge in [-0.2, -0.15) is 0 Å². The standard InChI is InChI=1S/C19H20N2O3/c1-12-6-5-9-15(16(12)20)19(23)24-17(13-7-3-2-4-8-13)18(22)21-14-10-11-14/h2-9,14,17H,10-11,20H2,1H3,(H,21,22). The maximum Gasteiger partial charge on any atom is 0.341 e. The van der Waals surface area contributed by atoms with Crippen molar-refractivity contribution in [2.45, 2.75) is 31.9 Å². The Kier molecular flexibility index (Phi) is 4.51. The molecule has 0 aliphatic heterocycles. The number of para-hydroxylation sites is 1. The zero-order chi connectivity index (χ0) is 17.1. The Hall–Kier alpha value is -2.82. The molecule has 1 atom stereocenters. The first-order chi connectivity index (χ1) is 11.6. The lowest BCUT2D eigenvalue weighted by molar-refractivity contribution is -0.130. The van der Waals surface area contributed by atoms with Gasteiger partial charge in [-0.1, -0.05) is 42.5 Å². The van der Waals surface area contributed by atoms with E-state index in [4.69, 9.17) is 10.5 Å². The zero-order valence-corrected chi connectivity index (χ0v) is 13.5. The maximum absolute atomic E-state index is 12.5. The molecule has 1 fully saturated rings. The molecule has 3 rings (SSSR count). The predicted octanol–water partition coefficient (Wildman–Crippen LogP) is 2.75. The van der Waals surface area contributed by atoms with Gasteiger partial charge in [0.2, 0.25) is 6.10 Å². The number of nitrogens with one attached hydrogen (secondary N) is 1. The number of nitrogen functional groups attached to an aromatic ring is 1. The Morgan fingerprint density at radius 3 is 2.50 bits per heavy atom. The van der Waals surface area contributed by atoms with Crippen LogP contribution in [0.3, 0.4) is 0 Å². The van der Waals surface area contributed by atoms with Crippen molar-refractivity contribution in [3.05, 3.63) is 65.2 Å². The second-order valence-electron chi connectivity index (χ2n) is 6.02. The van der Waals surface area contributed by atoms with Crippen LogP contribution in [-0.2, 0) is 9.53 Å². The fraction of sp³-hybridized carbons (Fsp3) is 0.263. The number of benzene rings is 2. The highest BCUT2D eigenvalue weighted by Crippen LogP contribution is 2.25. The van der Waals surface area contributed by atoms with Gasteiger partial charge in [0.05, 0.1) is 5.56 Å². The van der Waals surface area contributed by atoms with Crippen LogP contribution in [0.2, 0.25) is 0 Å². The summed E-state index contributed by atoms with van der Waals surface area (Å²) >= 11 is 0. The molecule has 1 aliphatic carbocycles. The van der Waals surface area contributed by atoms with E-state index >= 15 is 0 Å². The van der Waals surface area contributed by atoms with Crippen LogP contribution in [0.5, 0.6) is 0 Å². The fourth-order valence-electron chi connectivity index (χ4n) is 2.43. The Labute approximate surface area is 140 Å². The molecule has 24 heavy (non-hydrogen) atoms. The Bertz CT molecular complexity index is 754. The fourth-order valence-corrected chi connectivity index (χ4v) is 2.43. The van der Waals surface area contributed by atoms with Crippen molar-refractivity contribution in [2.24, 2.45) is 0 Å². The topological polar surface area (TPSA) is 81.4 Å². The molecule has 5 heteroatoms. The first kappa shape index (κ1) is 16.1. The van der Waals surface area contributed by atoms with Gasteiger partial charge in [0.15, 0.2) is 0 Å². The van der Waals surface area contributed by atoms with E-state index in [1.165, 1.54) is 0 Å². The molecule has 0 bridgehead atoms. The molecule has 0 heterocycles. The number of anilines is 1. The number of ether oxygens (including phenoxy) is 1. The Balaban J connectivity index is 1.84. The summed E-state index contributed by atoms with van der Waals surface area (Å²) in [6.07, 6.45) is 0.942. The first-order valence-electron chi connectivity index (χ1n) is 7.97. The predicted molar refractivity (Wildman–Crippen MR) is 91.4 cm³/mol. The van der Waals surface area contributed by atoms with Crippen molar-refractivity contribution in [3.8, 4) is 0 Å². The van der Waals surface area contributed by atoms with Crippen LogP contribution in [-0.4, -0.2) is 17.9 Å². The van der Waals surface area contributed by atoms with E-state index in [-0.39, 0.29) is 17.5 Å². The number of rotatable bonds is 5. The SMILES string of the molecule is Cc1cccc(C(=O)OC(C(=O)NC2CC2)c2ccccc2)c1N. The minimum Gasteiger partial charge on any atom is -0.444 e. The summed E-state index contributed by atoms with van der Waals surface area (Å²) in [7, 11) is 0. The molecule has 0 aromatic heterocycles. The normalized spacial score (nSPS) is 14.7. The molecular formula is C19H20N2O3.